The molecule has 0 saturated heterocycles. The van der Waals surface area contributed by atoms with E-state index in [0.29, 0.717) is 39.4 Å². The zero-order valence-corrected chi connectivity index (χ0v) is 13.3. The standard InChI is InChI=1S/C14H15N5O2S/c1-8-6-12(19-21-8)18-13(20)4-5-22-14-11(7-15)9(2)16-10(3)17-14/h6H,4-5H2,1-3H3,(H,18,19,20). The highest BCUT2D eigenvalue weighted by Crippen LogP contribution is 2.22. The highest BCUT2D eigenvalue weighted by Gasteiger charge is 2.12. The Morgan fingerprint density at radius 2 is 2.18 bits per heavy atom. The monoisotopic (exact) mass is 317 g/mol. The van der Waals surface area contributed by atoms with E-state index in [4.69, 9.17) is 9.78 Å². The summed E-state index contributed by atoms with van der Waals surface area (Å²) in [7, 11) is 0. The van der Waals surface area contributed by atoms with Gasteiger partial charge in [0.15, 0.2) is 5.82 Å². The first kappa shape index (κ1) is 16.0. The third-order valence-electron chi connectivity index (χ3n) is 2.74. The van der Waals surface area contributed by atoms with Gasteiger partial charge in [0.1, 0.15) is 28.2 Å². The lowest BCUT2D eigenvalue weighted by Crippen LogP contribution is -2.12. The maximum absolute atomic E-state index is 11.8. The van der Waals surface area contributed by atoms with Crippen LogP contribution in [0.1, 0.15) is 29.3 Å². The number of nitrogens with zero attached hydrogens (tertiary/aromatic N) is 4. The van der Waals surface area contributed by atoms with Gasteiger partial charge >= 0.3 is 0 Å². The molecule has 0 aliphatic rings. The van der Waals surface area contributed by atoms with E-state index in [0.717, 1.165) is 0 Å². The predicted molar refractivity (Wildman–Crippen MR) is 81.4 cm³/mol. The van der Waals surface area contributed by atoms with Gasteiger partial charge in [-0.3, -0.25) is 4.79 Å². The van der Waals surface area contributed by atoms with Crippen molar-refractivity contribution in [1.82, 2.24) is 15.1 Å². The summed E-state index contributed by atoms with van der Waals surface area (Å²) in [6.45, 7) is 5.30. The molecule has 0 saturated carbocycles. The Kier molecular flexibility index (Phi) is 5.12. The highest BCUT2D eigenvalue weighted by molar-refractivity contribution is 7.99. The fourth-order valence-electron chi connectivity index (χ4n) is 1.79. The summed E-state index contributed by atoms with van der Waals surface area (Å²) in [5.74, 6) is 1.99. The largest absolute Gasteiger partial charge is 0.360 e. The van der Waals surface area contributed by atoms with Gasteiger partial charge in [0, 0.05) is 18.2 Å². The van der Waals surface area contributed by atoms with Crippen LogP contribution in [0.3, 0.4) is 0 Å². The SMILES string of the molecule is Cc1nc(C)c(C#N)c(SCCC(=O)Nc2cc(C)on2)n1. The molecular weight excluding hydrogens is 302 g/mol. The quantitative estimate of drug-likeness (QED) is 0.666. The van der Waals surface area contributed by atoms with Crippen LogP contribution in [0.25, 0.3) is 0 Å². The van der Waals surface area contributed by atoms with Gasteiger partial charge in [-0.1, -0.05) is 5.16 Å². The second kappa shape index (κ2) is 7.04. The van der Waals surface area contributed by atoms with Crippen LogP contribution in [0, 0.1) is 32.1 Å². The molecule has 1 amide bonds. The van der Waals surface area contributed by atoms with E-state index in [1.54, 1.807) is 26.8 Å². The minimum atomic E-state index is -0.165. The molecule has 0 aromatic carbocycles. The number of carbonyl (C=O) groups is 1. The minimum absolute atomic E-state index is 0.165. The van der Waals surface area contributed by atoms with Crippen molar-refractivity contribution in [2.75, 3.05) is 11.1 Å². The molecule has 8 heteroatoms. The first-order chi connectivity index (χ1) is 10.5. The van der Waals surface area contributed by atoms with Gasteiger partial charge in [-0.25, -0.2) is 9.97 Å². The van der Waals surface area contributed by atoms with Gasteiger partial charge in [-0.2, -0.15) is 5.26 Å². The van der Waals surface area contributed by atoms with Crippen molar-refractivity contribution >= 4 is 23.5 Å². The maximum atomic E-state index is 11.8. The first-order valence-corrected chi connectivity index (χ1v) is 7.59. The van der Waals surface area contributed by atoms with Gasteiger partial charge in [0.25, 0.3) is 0 Å². The number of rotatable bonds is 5. The Hall–Kier alpha value is -2.40. The van der Waals surface area contributed by atoms with E-state index in [1.165, 1.54) is 11.8 Å². The summed E-state index contributed by atoms with van der Waals surface area (Å²) in [6.07, 6.45) is 0.281. The van der Waals surface area contributed by atoms with Gasteiger partial charge in [-0.05, 0) is 20.8 Å². The van der Waals surface area contributed by atoms with Crippen LogP contribution in [-0.4, -0.2) is 26.8 Å². The zero-order valence-electron chi connectivity index (χ0n) is 12.5. The van der Waals surface area contributed by atoms with Crippen molar-refractivity contribution in [1.29, 1.82) is 5.26 Å². The Bertz CT molecular complexity index is 735. The highest BCUT2D eigenvalue weighted by atomic mass is 32.2. The fraction of sp³-hybridized carbons (Fsp3) is 0.357. The average Bonchev–Trinajstić information content (AvgIpc) is 2.83. The summed E-state index contributed by atoms with van der Waals surface area (Å²) in [5.41, 5.74) is 1.11. The molecule has 2 rings (SSSR count). The maximum Gasteiger partial charge on any atom is 0.226 e. The summed E-state index contributed by atoms with van der Waals surface area (Å²) < 4.78 is 4.87. The molecule has 0 atom stereocenters. The van der Waals surface area contributed by atoms with Crippen molar-refractivity contribution < 1.29 is 9.32 Å². The second-order valence-corrected chi connectivity index (χ2v) is 5.70. The van der Waals surface area contributed by atoms with Crippen molar-refractivity contribution in [2.45, 2.75) is 32.2 Å². The third kappa shape index (κ3) is 4.05. The molecule has 2 aromatic rings. The summed E-state index contributed by atoms with van der Waals surface area (Å²) in [6, 6.07) is 3.75. The van der Waals surface area contributed by atoms with Crippen LogP contribution < -0.4 is 5.32 Å². The molecule has 22 heavy (non-hydrogen) atoms. The normalized spacial score (nSPS) is 10.3. The number of aryl methyl sites for hydroxylation is 3. The van der Waals surface area contributed by atoms with Crippen molar-refractivity contribution in [3.05, 3.63) is 28.9 Å². The number of aromatic nitrogens is 3. The summed E-state index contributed by atoms with van der Waals surface area (Å²) in [5, 5.41) is 16.1. The van der Waals surface area contributed by atoms with Crippen LogP contribution >= 0.6 is 11.8 Å². The van der Waals surface area contributed by atoms with Crippen LogP contribution in [0.4, 0.5) is 5.82 Å². The predicted octanol–water partition coefficient (Wildman–Crippen LogP) is 2.38. The van der Waals surface area contributed by atoms with E-state index in [1.807, 2.05) is 0 Å². The van der Waals surface area contributed by atoms with Crippen molar-refractivity contribution in [3.63, 3.8) is 0 Å². The number of nitriles is 1. The molecule has 2 heterocycles. The topological polar surface area (TPSA) is 105 Å². The molecule has 7 nitrogen and oxygen atoms in total. The number of hydrogen-bond donors (Lipinski definition) is 1. The lowest BCUT2D eigenvalue weighted by molar-refractivity contribution is -0.115. The van der Waals surface area contributed by atoms with Crippen LogP contribution in [0.5, 0.6) is 0 Å². The molecule has 0 aliphatic heterocycles. The molecule has 0 fully saturated rings. The van der Waals surface area contributed by atoms with E-state index >= 15 is 0 Å². The van der Waals surface area contributed by atoms with Crippen molar-refractivity contribution in [2.24, 2.45) is 0 Å². The number of amides is 1. The Morgan fingerprint density at radius 1 is 1.41 bits per heavy atom. The van der Waals surface area contributed by atoms with E-state index in [-0.39, 0.29) is 12.3 Å². The molecule has 0 aliphatic carbocycles. The second-order valence-electron chi connectivity index (χ2n) is 4.62. The number of anilines is 1. The zero-order chi connectivity index (χ0) is 16.1. The minimum Gasteiger partial charge on any atom is -0.360 e. The van der Waals surface area contributed by atoms with Gasteiger partial charge in [-0.15, -0.1) is 11.8 Å². The van der Waals surface area contributed by atoms with Crippen LogP contribution in [0.15, 0.2) is 15.6 Å². The fourth-order valence-corrected chi connectivity index (χ4v) is 2.80. The number of carbonyl (C=O) groups excluding carboxylic acids is 1. The molecule has 1 N–H and O–H groups in total. The van der Waals surface area contributed by atoms with Gasteiger partial charge in [0.05, 0.1) is 5.69 Å². The number of hydrogen-bond acceptors (Lipinski definition) is 7. The molecule has 0 spiro atoms. The molecular formula is C14H15N5O2S. The Balaban J connectivity index is 1.91. The van der Waals surface area contributed by atoms with Gasteiger partial charge in [0.2, 0.25) is 5.91 Å². The summed E-state index contributed by atoms with van der Waals surface area (Å²) >= 11 is 1.37. The van der Waals surface area contributed by atoms with Gasteiger partial charge < -0.3 is 9.84 Å². The third-order valence-corrected chi connectivity index (χ3v) is 3.72. The lowest BCUT2D eigenvalue weighted by atomic mass is 10.3. The Morgan fingerprint density at radius 3 is 2.82 bits per heavy atom. The van der Waals surface area contributed by atoms with E-state index in [9.17, 15) is 4.79 Å². The van der Waals surface area contributed by atoms with Crippen molar-refractivity contribution in [3.8, 4) is 6.07 Å². The Labute approximate surface area is 132 Å². The smallest absolute Gasteiger partial charge is 0.226 e. The number of thioether (sulfide) groups is 1. The summed E-state index contributed by atoms with van der Waals surface area (Å²) in [4.78, 5) is 20.2. The molecule has 0 unspecified atom stereocenters. The van der Waals surface area contributed by atoms with E-state index in [2.05, 4.69) is 26.5 Å². The first-order valence-electron chi connectivity index (χ1n) is 6.61. The van der Waals surface area contributed by atoms with Crippen LogP contribution in [-0.2, 0) is 4.79 Å². The van der Waals surface area contributed by atoms with E-state index < -0.39 is 0 Å². The molecule has 0 radical (unpaired) electrons. The lowest BCUT2D eigenvalue weighted by Gasteiger charge is -2.06. The molecule has 114 valence electrons. The van der Waals surface area contributed by atoms with Crippen LogP contribution in [0.2, 0.25) is 0 Å². The average molecular weight is 317 g/mol. The number of nitrogens with one attached hydrogen (secondary N) is 1. The molecule has 2 aromatic heterocycles. The molecule has 0 bridgehead atoms.